The molecule has 0 saturated carbocycles. The van der Waals surface area contributed by atoms with Crippen LogP contribution in [0.1, 0.15) is 5.69 Å². The second kappa shape index (κ2) is 3.91. The van der Waals surface area contributed by atoms with Gasteiger partial charge in [0.05, 0.1) is 12.2 Å². The summed E-state index contributed by atoms with van der Waals surface area (Å²) in [7, 11) is 0. The van der Waals surface area contributed by atoms with E-state index in [4.69, 9.17) is 5.73 Å². The van der Waals surface area contributed by atoms with Crippen LogP contribution in [0.4, 0.5) is 5.69 Å². The van der Waals surface area contributed by atoms with Crippen molar-refractivity contribution >= 4 is 5.69 Å². The van der Waals surface area contributed by atoms with Gasteiger partial charge in [0.1, 0.15) is 5.69 Å². The average Bonchev–Trinajstić information content (AvgIpc) is 2.26. The first-order chi connectivity index (χ1) is 7.27. The molecule has 2 N–H and O–H groups in total. The minimum atomic E-state index is -0.289. The highest BCUT2D eigenvalue weighted by molar-refractivity contribution is 5.32. The van der Waals surface area contributed by atoms with Crippen LogP contribution in [-0.4, -0.2) is 14.8 Å². The van der Waals surface area contributed by atoms with E-state index in [2.05, 4.69) is 10.1 Å². The van der Waals surface area contributed by atoms with E-state index in [0.29, 0.717) is 6.54 Å². The van der Waals surface area contributed by atoms with Gasteiger partial charge in [-0.2, -0.15) is 5.10 Å². The Hall–Kier alpha value is -2.17. The summed E-state index contributed by atoms with van der Waals surface area (Å²) in [6.45, 7) is 0.338. The number of pyridine rings is 1. The maximum Gasteiger partial charge on any atom is 0.290 e. The molecule has 2 aromatic heterocycles. The van der Waals surface area contributed by atoms with Crippen molar-refractivity contribution < 1.29 is 0 Å². The molecule has 0 bridgehead atoms. The lowest BCUT2D eigenvalue weighted by atomic mass is 10.3. The highest BCUT2D eigenvalue weighted by atomic mass is 16.1. The zero-order valence-electron chi connectivity index (χ0n) is 8.00. The van der Waals surface area contributed by atoms with Gasteiger partial charge in [0, 0.05) is 12.4 Å². The summed E-state index contributed by atoms with van der Waals surface area (Å²) in [6.07, 6.45) is 3.17. The first kappa shape index (κ1) is 9.39. The van der Waals surface area contributed by atoms with Crippen molar-refractivity contribution in [2.24, 2.45) is 0 Å². The second-order valence-corrected chi connectivity index (χ2v) is 3.07. The summed E-state index contributed by atoms with van der Waals surface area (Å²) in [6, 6.07) is 6.99. The van der Waals surface area contributed by atoms with Crippen molar-refractivity contribution in [3.05, 3.63) is 52.7 Å². The summed E-state index contributed by atoms with van der Waals surface area (Å²) < 4.78 is 1.29. The first-order valence-corrected chi connectivity index (χ1v) is 4.49. The predicted octanol–water partition coefficient (Wildman–Crippen LogP) is 0.269. The lowest BCUT2D eigenvalue weighted by Crippen LogP contribution is -2.25. The van der Waals surface area contributed by atoms with Crippen molar-refractivity contribution in [1.29, 1.82) is 0 Å². The van der Waals surface area contributed by atoms with E-state index >= 15 is 0 Å². The topological polar surface area (TPSA) is 73.8 Å². The van der Waals surface area contributed by atoms with Crippen LogP contribution in [0.15, 0.2) is 41.5 Å². The smallest absolute Gasteiger partial charge is 0.290 e. The van der Waals surface area contributed by atoms with Gasteiger partial charge in [-0.15, -0.1) is 0 Å². The minimum Gasteiger partial charge on any atom is -0.394 e. The van der Waals surface area contributed by atoms with Gasteiger partial charge in [0.2, 0.25) is 0 Å². The quantitative estimate of drug-likeness (QED) is 0.758. The molecule has 0 aliphatic carbocycles. The number of nitrogens with zero attached hydrogens (tertiary/aromatic N) is 3. The number of rotatable bonds is 2. The lowest BCUT2D eigenvalue weighted by Gasteiger charge is -2.03. The van der Waals surface area contributed by atoms with Gasteiger partial charge in [-0.3, -0.25) is 9.78 Å². The molecule has 0 spiro atoms. The maximum absolute atomic E-state index is 11.5. The molecule has 0 saturated heterocycles. The van der Waals surface area contributed by atoms with Crippen LogP contribution in [-0.2, 0) is 6.54 Å². The fourth-order valence-corrected chi connectivity index (χ4v) is 1.22. The molecule has 0 aliphatic heterocycles. The molecule has 15 heavy (non-hydrogen) atoms. The van der Waals surface area contributed by atoms with Crippen LogP contribution in [0, 0.1) is 0 Å². The predicted molar refractivity (Wildman–Crippen MR) is 56.2 cm³/mol. The Bertz CT molecular complexity index is 506. The van der Waals surface area contributed by atoms with Crippen molar-refractivity contribution in [1.82, 2.24) is 14.8 Å². The minimum absolute atomic E-state index is 0.195. The molecule has 0 atom stereocenters. The van der Waals surface area contributed by atoms with Gasteiger partial charge in [-0.25, -0.2) is 4.68 Å². The molecule has 0 unspecified atom stereocenters. The monoisotopic (exact) mass is 202 g/mol. The zero-order valence-corrected chi connectivity index (χ0v) is 8.00. The molecule has 0 aromatic carbocycles. The molecule has 5 heteroatoms. The Morgan fingerprint density at radius 1 is 1.27 bits per heavy atom. The standard InChI is InChI=1S/C10H10N4O/c11-9-4-6-13-14(10(9)15)7-8-3-1-2-5-12-8/h1-6H,7,11H2. The van der Waals surface area contributed by atoms with Gasteiger partial charge in [-0.1, -0.05) is 6.07 Å². The molecule has 0 fully saturated rings. The molecule has 0 aliphatic rings. The molecule has 2 aromatic rings. The second-order valence-electron chi connectivity index (χ2n) is 3.07. The molecule has 0 radical (unpaired) electrons. The van der Waals surface area contributed by atoms with Crippen LogP contribution >= 0.6 is 0 Å². The Morgan fingerprint density at radius 3 is 2.87 bits per heavy atom. The number of nitrogens with two attached hydrogens (primary N) is 1. The van der Waals surface area contributed by atoms with E-state index in [0.717, 1.165) is 5.69 Å². The van der Waals surface area contributed by atoms with Gasteiger partial charge in [0.25, 0.3) is 5.56 Å². The van der Waals surface area contributed by atoms with E-state index in [1.54, 1.807) is 6.20 Å². The van der Waals surface area contributed by atoms with Gasteiger partial charge in [-0.05, 0) is 18.2 Å². The molecule has 5 nitrogen and oxygen atoms in total. The molecule has 2 heterocycles. The summed E-state index contributed by atoms with van der Waals surface area (Å²) in [5, 5.41) is 3.92. The Morgan fingerprint density at radius 2 is 2.13 bits per heavy atom. The third-order valence-corrected chi connectivity index (χ3v) is 1.98. The van der Waals surface area contributed by atoms with E-state index in [9.17, 15) is 4.79 Å². The zero-order chi connectivity index (χ0) is 10.7. The first-order valence-electron chi connectivity index (χ1n) is 4.49. The number of nitrogen functional groups attached to an aromatic ring is 1. The maximum atomic E-state index is 11.5. The molecule has 2 rings (SSSR count). The van der Waals surface area contributed by atoms with E-state index in [-0.39, 0.29) is 11.2 Å². The van der Waals surface area contributed by atoms with Crippen molar-refractivity contribution in [2.75, 3.05) is 5.73 Å². The van der Waals surface area contributed by atoms with Crippen LogP contribution in [0.25, 0.3) is 0 Å². The van der Waals surface area contributed by atoms with Crippen molar-refractivity contribution in [3.8, 4) is 0 Å². The average molecular weight is 202 g/mol. The number of anilines is 1. The summed E-state index contributed by atoms with van der Waals surface area (Å²) >= 11 is 0. The number of hydrogen-bond donors (Lipinski definition) is 1. The van der Waals surface area contributed by atoms with Crippen molar-refractivity contribution in [3.63, 3.8) is 0 Å². The number of hydrogen-bond acceptors (Lipinski definition) is 4. The third-order valence-electron chi connectivity index (χ3n) is 1.98. The normalized spacial score (nSPS) is 10.1. The fourth-order valence-electron chi connectivity index (χ4n) is 1.22. The lowest BCUT2D eigenvalue weighted by molar-refractivity contribution is 0.630. The van der Waals surface area contributed by atoms with Gasteiger partial charge in [0.15, 0.2) is 0 Å². The van der Waals surface area contributed by atoms with Crippen LogP contribution in [0.3, 0.4) is 0 Å². The fraction of sp³-hybridized carbons (Fsp3) is 0.100. The van der Waals surface area contributed by atoms with E-state index < -0.39 is 0 Å². The van der Waals surface area contributed by atoms with Crippen LogP contribution in [0.2, 0.25) is 0 Å². The molecular weight excluding hydrogens is 192 g/mol. The van der Waals surface area contributed by atoms with E-state index in [1.807, 2.05) is 18.2 Å². The molecular formula is C10H10N4O. The highest BCUT2D eigenvalue weighted by Gasteiger charge is 2.01. The van der Waals surface area contributed by atoms with Crippen LogP contribution < -0.4 is 11.3 Å². The highest BCUT2D eigenvalue weighted by Crippen LogP contribution is 1.95. The Balaban J connectivity index is 2.33. The Kier molecular flexibility index (Phi) is 2.45. The third kappa shape index (κ3) is 2.01. The van der Waals surface area contributed by atoms with E-state index in [1.165, 1.54) is 16.9 Å². The molecule has 0 amide bonds. The van der Waals surface area contributed by atoms with Crippen LogP contribution in [0.5, 0.6) is 0 Å². The summed E-state index contributed by atoms with van der Waals surface area (Å²) in [4.78, 5) is 15.6. The number of aromatic nitrogens is 3. The van der Waals surface area contributed by atoms with Crippen molar-refractivity contribution in [2.45, 2.75) is 6.54 Å². The largest absolute Gasteiger partial charge is 0.394 e. The summed E-state index contributed by atoms with van der Waals surface area (Å²) in [5.41, 5.74) is 6.16. The van der Waals surface area contributed by atoms with Gasteiger partial charge >= 0.3 is 0 Å². The van der Waals surface area contributed by atoms with Gasteiger partial charge < -0.3 is 5.73 Å². The SMILES string of the molecule is Nc1ccnn(Cc2ccccn2)c1=O. The Labute approximate surface area is 86.2 Å². The summed E-state index contributed by atoms with van der Waals surface area (Å²) in [5.74, 6) is 0. The molecule has 76 valence electrons.